The monoisotopic (exact) mass is 267 g/mol. The lowest BCUT2D eigenvalue weighted by Crippen LogP contribution is -2.26. The van der Waals surface area contributed by atoms with Crippen LogP contribution in [0.15, 0.2) is 24.3 Å². The summed E-state index contributed by atoms with van der Waals surface area (Å²) >= 11 is 0. The molecule has 0 aliphatic heterocycles. The predicted molar refractivity (Wildman–Crippen MR) is 77.7 cm³/mol. The molecule has 0 fully saturated rings. The van der Waals surface area contributed by atoms with E-state index in [1.54, 1.807) is 12.1 Å². The van der Waals surface area contributed by atoms with E-state index in [-0.39, 0.29) is 5.82 Å². The van der Waals surface area contributed by atoms with Crippen molar-refractivity contribution in [1.82, 2.24) is 5.32 Å². The van der Waals surface area contributed by atoms with Gasteiger partial charge in [0, 0.05) is 18.2 Å². The number of rotatable bonds is 10. The summed E-state index contributed by atoms with van der Waals surface area (Å²) in [6.07, 6.45) is 4.53. The molecule has 0 aliphatic carbocycles. The molecular weight excluding hydrogens is 241 g/mol. The molecule has 1 rings (SSSR count). The minimum atomic E-state index is -0.181. The summed E-state index contributed by atoms with van der Waals surface area (Å²) in [5.41, 5.74) is 0.639. The maximum absolute atomic E-state index is 13.3. The Morgan fingerprint density at radius 3 is 2.79 bits per heavy atom. The smallest absolute Gasteiger partial charge is 0.128 e. The van der Waals surface area contributed by atoms with Crippen molar-refractivity contribution in [2.45, 2.75) is 52.2 Å². The highest BCUT2D eigenvalue weighted by Gasteiger charge is 2.01. The van der Waals surface area contributed by atoms with Gasteiger partial charge in [-0.25, -0.2) is 4.39 Å². The maximum atomic E-state index is 13.3. The van der Waals surface area contributed by atoms with Gasteiger partial charge < -0.3 is 10.1 Å². The van der Waals surface area contributed by atoms with Crippen LogP contribution in [0.1, 0.15) is 45.1 Å². The summed E-state index contributed by atoms with van der Waals surface area (Å²) < 4.78 is 18.8. The first-order chi connectivity index (χ1) is 9.24. The SMILES string of the molecule is CCCNC(C)CCCCOCc1ccccc1F. The minimum absolute atomic E-state index is 0.181. The highest BCUT2D eigenvalue weighted by atomic mass is 19.1. The van der Waals surface area contributed by atoms with Gasteiger partial charge in [0.05, 0.1) is 6.61 Å². The van der Waals surface area contributed by atoms with Gasteiger partial charge in [-0.15, -0.1) is 0 Å². The van der Waals surface area contributed by atoms with E-state index in [4.69, 9.17) is 4.74 Å². The first-order valence-electron chi connectivity index (χ1n) is 7.28. The third-order valence-electron chi connectivity index (χ3n) is 3.13. The van der Waals surface area contributed by atoms with E-state index in [2.05, 4.69) is 19.2 Å². The van der Waals surface area contributed by atoms with Crippen molar-refractivity contribution in [3.63, 3.8) is 0 Å². The summed E-state index contributed by atoms with van der Waals surface area (Å²) in [5.74, 6) is -0.181. The predicted octanol–water partition coefficient (Wildman–Crippen LogP) is 3.90. The lowest BCUT2D eigenvalue weighted by molar-refractivity contribution is 0.114. The Balaban J connectivity index is 2.01. The average Bonchev–Trinajstić information content (AvgIpc) is 2.42. The van der Waals surface area contributed by atoms with Crippen LogP contribution in [-0.4, -0.2) is 19.2 Å². The van der Waals surface area contributed by atoms with E-state index in [9.17, 15) is 4.39 Å². The van der Waals surface area contributed by atoms with Crippen LogP contribution in [-0.2, 0) is 11.3 Å². The van der Waals surface area contributed by atoms with Crippen LogP contribution < -0.4 is 5.32 Å². The van der Waals surface area contributed by atoms with Gasteiger partial charge in [-0.3, -0.25) is 0 Å². The molecule has 0 spiro atoms. The quantitative estimate of drug-likeness (QED) is 0.649. The molecule has 0 aromatic heterocycles. The molecular formula is C16H26FNO. The second-order valence-corrected chi connectivity index (χ2v) is 4.99. The van der Waals surface area contributed by atoms with Gasteiger partial charge in [-0.05, 0) is 45.2 Å². The molecule has 1 atom stereocenters. The van der Waals surface area contributed by atoms with Crippen molar-refractivity contribution in [2.24, 2.45) is 0 Å². The van der Waals surface area contributed by atoms with E-state index in [1.165, 1.54) is 18.9 Å². The number of unbranched alkanes of at least 4 members (excludes halogenated alkanes) is 1. The van der Waals surface area contributed by atoms with E-state index < -0.39 is 0 Å². The standard InChI is InChI=1S/C16H26FNO/c1-3-11-18-14(2)8-6-7-12-19-13-15-9-4-5-10-16(15)17/h4-5,9-10,14,18H,3,6-8,11-13H2,1-2H3. The maximum Gasteiger partial charge on any atom is 0.128 e. The van der Waals surface area contributed by atoms with Gasteiger partial charge in [0.2, 0.25) is 0 Å². The number of halogens is 1. The molecule has 1 aromatic carbocycles. The van der Waals surface area contributed by atoms with E-state index in [1.807, 2.05) is 6.07 Å². The molecule has 1 unspecified atom stereocenters. The Hall–Kier alpha value is -0.930. The van der Waals surface area contributed by atoms with Crippen LogP contribution in [0.25, 0.3) is 0 Å². The van der Waals surface area contributed by atoms with Crippen LogP contribution in [0.3, 0.4) is 0 Å². The molecule has 1 aromatic rings. The van der Waals surface area contributed by atoms with Gasteiger partial charge in [0.15, 0.2) is 0 Å². The number of hydrogen-bond acceptors (Lipinski definition) is 2. The topological polar surface area (TPSA) is 21.3 Å². The average molecular weight is 267 g/mol. The summed E-state index contributed by atoms with van der Waals surface area (Å²) in [7, 11) is 0. The van der Waals surface area contributed by atoms with Crippen molar-refractivity contribution in [1.29, 1.82) is 0 Å². The summed E-state index contributed by atoms with van der Waals surface area (Å²) in [5, 5.41) is 3.47. The van der Waals surface area contributed by atoms with Crippen molar-refractivity contribution < 1.29 is 9.13 Å². The van der Waals surface area contributed by atoms with Gasteiger partial charge >= 0.3 is 0 Å². The lowest BCUT2D eigenvalue weighted by Gasteiger charge is -2.12. The molecule has 0 saturated heterocycles. The number of ether oxygens (including phenoxy) is 1. The zero-order valence-electron chi connectivity index (χ0n) is 12.1. The Bertz CT molecular complexity index is 343. The summed E-state index contributed by atoms with van der Waals surface area (Å²) in [4.78, 5) is 0. The molecule has 0 bridgehead atoms. The highest BCUT2D eigenvalue weighted by Crippen LogP contribution is 2.08. The molecule has 19 heavy (non-hydrogen) atoms. The van der Waals surface area contributed by atoms with E-state index in [0.717, 1.165) is 19.4 Å². The Kier molecular flexibility index (Phi) is 8.43. The first kappa shape index (κ1) is 16.1. The van der Waals surface area contributed by atoms with E-state index in [0.29, 0.717) is 24.8 Å². The Labute approximate surface area is 116 Å². The zero-order valence-corrected chi connectivity index (χ0v) is 12.1. The minimum Gasteiger partial charge on any atom is -0.377 e. The van der Waals surface area contributed by atoms with Crippen molar-refractivity contribution >= 4 is 0 Å². The van der Waals surface area contributed by atoms with Crippen LogP contribution in [0.4, 0.5) is 4.39 Å². The number of benzene rings is 1. The van der Waals surface area contributed by atoms with Gasteiger partial charge in [-0.1, -0.05) is 25.1 Å². The molecule has 0 aliphatic rings. The van der Waals surface area contributed by atoms with Crippen LogP contribution in [0.5, 0.6) is 0 Å². The summed E-state index contributed by atoms with van der Waals surface area (Å²) in [6, 6.07) is 7.35. The van der Waals surface area contributed by atoms with Crippen LogP contribution >= 0.6 is 0 Å². The fourth-order valence-corrected chi connectivity index (χ4v) is 1.95. The van der Waals surface area contributed by atoms with Gasteiger partial charge in [-0.2, -0.15) is 0 Å². The van der Waals surface area contributed by atoms with E-state index >= 15 is 0 Å². The number of hydrogen-bond donors (Lipinski definition) is 1. The fourth-order valence-electron chi connectivity index (χ4n) is 1.95. The second kappa shape index (κ2) is 9.93. The molecule has 108 valence electrons. The lowest BCUT2D eigenvalue weighted by atomic mass is 10.1. The van der Waals surface area contributed by atoms with Crippen LogP contribution in [0.2, 0.25) is 0 Å². The second-order valence-electron chi connectivity index (χ2n) is 4.99. The molecule has 0 saturated carbocycles. The fraction of sp³-hybridized carbons (Fsp3) is 0.625. The molecule has 0 heterocycles. The third kappa shape index (κ3) is 7.28. The van der Waals surface area contributed by atoms with Crippen molar-refractivity contribution in [3.8, 4) is 0 Å². The summed E-state index contributed by atoms with van der Waals surface area (Å²) in [6.45, 7) is 6.56. The van der Waals surface area contributed by atoms with Crippen molar-refractivity contribution in [3.05, 3.63) is 35.6 Å². The molecule has 3 heteroatoms. The molecule has 0 amide bonds. The van der Waals surface area contributed by atoms with Gasteiger partial charge in [0.25, 0.3) is 0 Å². The zero-order chi connectivity index (χ0) is 13.9. The first-order valence-corrected chi connectivity index (χ1v) is 7.28. The molecule has 1 N–H and O–H groups in total. The molecule has 2 nitrogen and oxygen atoms in total. The van der Waals surface area contributed by atoms with Crippen molar-refractivity contribution in [2.75, 3.05) is 13.2 Å². The molecule has 0 radical (unpaired) electrons. The Morgan fingerprint density at radius 2 is 2.05 bits per heavy atom. The van der Waals surface area contributed by atoms with Crippen LogP contribution in [0, 0.1) is 5.82 Å². The largest absolute Gasteiger partial charge is 0.377 e. The van der Waals surface area contributed by atoms with Gasteiger partial charge in [0.1, 0.15) is 5.82 Å². The highest BCUT2D eigenvalue weighted by molar-refractivity contribution is 5.16. The Morgan fingerprint density at radius 1 is 1.26 bits per heavy atom. The number of nitrogens with one attached hydrogen (secondary N) is 1. The third-order valence-corrected chi connectivity index (χ3v) is 3.13. The normalized spacial score (nSPS) is 12.6.